The number of benzene rings is 1. The number of aromatic nitrogens is 1. The fourth-order valence-electron chi connectivity index (χ4n) is 4.85. The number of carboxylic acids is 2. The van der Waals surface area contributed by atoms with E-state index in [-0.39, 0.29) is 53.5 Å². The number of phenolic OH excluding ortho intramolecular Hbond substituents is 2. The number of oxime groups is 1. The minimum atomic E-state index is -1.81. The van der Waals surface area contributed by atoms with Crippen LogP contribution in [0.4, 0.5) is 5.13 Å². The Bertz CT molecular complexity index is 1710. The number of hydrogen-bond donors (Lipinski definition) is 6. The summed E-state index contributed by atoms with van der Waals surface area (Å²) in [5.74, 6) is -5.66. The van der Waals surface area contributed by atoms with E-state index < -0.39 is 74.0 Å². The number of anilines is 1. The van der Waals surface area contributed by atoms with Crippen molar-refractivity contribution < 1.29 is 54.0 Å². The fourth-order valence-corrected chi connectivity index (χ4v) is 8.83. The second-order valence-electron chi connectivity index (χ2n) is 11.2. The van der Waals surface area contributed by atoms with Gasteiger partial charge in [0, 0.05) is 17.7 Å². The number of nitrogens with zero attached hydrogens (tertiary/aromatic N) is 4. The molecule has 1 aromatic carbocycles. The van der Waals surface area contributed by atoms with E-state index in [1.54, 1.807) is 0 Å². The van der Waals surface area contributed by atoms with E-state index in [1.165, 1.54) is 35.1 Å². The number of carbonyl (C=O) groups excluding carboxylic acids is 3. The van der Waals surface area contributed by atoms with Crippen LogP contribution in [-0.4, -0.2) is 130 Å². The van der Waals surface area contributed by atoms with Crippen LogP contribution in [0.2, 0.25) is 5.02 Å². The van der Waals surface area contributed by atoms with E-state index in [0.29, 0.717) is 0 Å². The first-order valence-corrected chi connectivity index (χ1v) is 17.1. The lowest BCUT2D eigenvalue weighted by atomic mass is 10.1. The second-order valence-corrected chi connectivity index (χ2v) is 15.5. The van der Waals surface area contributed by atoms with Crippen LogP contribution in [-0.2, 0) is 28.8 Å². The average molecular weight is 745 g/mol. The molecule has 0 radical (unpaired) electrons. The number of morpholine rings is 1. The van der Waals surface area contributed by atoms with Gasteiger partial charge in [-0.3, -0.25) is 14.4 Å². The summed E-state index contributed by atoms with van der Waals surface area (Å²) in [7, 11) is 0. The topological polar surface area (TPSA) is 255 Å². The first-order valence-electron chi connectivity index (χ1n) is 14.0. The van der Waals surface area contributed by atoms with Gasteiger partial charge in [0.05, 0.1) is 36.4 Å². The summed E-state index contributed by atoms with van der Waals surface area (Å²) in [6, 6.07) is 0.640. The second kappa shape index (κ2) is 13.5. The quantitative estimate of drug-likeness (QED) is 0.0806. The molecule has 258 valence electrons. The summed E-state index contributed by atoms with van der Waals surface area (Å²) in [6.45, 7) is 2.67. The highest BCUT2D eigenvalue weighted by atomic mass is 35.5. The largest absolute Gasteiger partial charge is 0.504 e. The normalized spacial score (nSPS) is 24.1. The highest BCUT2D eigenvalue weighted by Gasteiger charge is 2.63. The van der Waals surface area contributed by atoms with E-state index in [2.05, 4.69) is 15.5 Å². The number of nitrogens with two attached hydrogens (primary N) is 1. The van der Waals surface area contributed by atoms with Crippen LogP contribution in [0, 0.1) is 0 Å². The van der Waals surface area contributed by atoms with Gasteiger partial charge in [0.15, 0.2) is 26.4 Å². The molecule has 3 saturated heterocycles. The number of nitrogens with one attached hydrogen (secondary N) is 1. The number of hydrogen-bond acceptors (Lipinski definition) is 15. The molecule has 4 heterocycles. The summed E-state index contributed by atoms with van der Waals surface area (Å²) < 4.78 is 3.99. The molecule has 3 fully saturated rings. The molecule has 0 aliphatic carbocycles. The SMILES string of the molecule is CC(C)(O/N=C(\C(=O)N[C@@H]1C(=O)N2C[C@](SC[C@H]3COCCN3C(=O)c3ccc(O)c(O)c3Cl)(C(=O)O)S[C@H]12)c1csc(N)n1)C(=O)O. The van der Waals surface area contributed by atoms with Crippen molar-refractivity contribution in [2.45, 2.75) is 41.0 Å². The van der Waals surface area contributed by atoms with Crippen LogP contribution >= 0.6 is 46.5 Å². The van der Waals surface area contributed by atoms with Gasteiger partial charge >= 0.3 is 11.9 Å². The Kier molecular flexibility index (Phi) is 9.93. The first-order chi connectivity index (χ1) is 22.6. The van der Waals surface area contributed by atoms with Crippen molar-refractivity contribution in [2.75, 3.05) is 37.8 Å². The zero-order valence-electron chi connectivity index (χ0n) is 25.1. The van der Waals surface area contributed by atoms with Gasteiger partial charge in [0.2, 0.25) is 11.5 Å². The highest BCUT2D eigenvalue weighted by Crippen LogP contribution is 2.53. The number of aromatic hydroxyl groups is 2. The Morgan fingerprint density at radius 1 is 1.29 bits per heavy atom. The number of carbonyl (C=O) groups is 5. The van der Waals surface area contributed by atoms with Crippen LogP contribution in [0.1, 0.15) is 29.9 Å². The summed E-state index contributed by atoms with van der Waals surface area (Å²) in [6.07, 6.45) is 0. The van der Waals surface area contributed by atoms with E-state index in [9.17, 15) is 44.4 Å². The Balaban J connectivity index is 1.30. The number of carboxylic acid groups (broad SMARTS) is 2. The van der Waals surface area contributed by atoms with Crippen LogP contribution in [0.5, 0.6) is 11.5 Å². The zero-order valence-corrected chi connectivity index (χ0v) is 28.3. The molecule has 4 atom stereocenters. The molecule has 3 aliphatic heterocycles. The molecule has 3 aliphatic rings. The number of phenols is 2. The van der Waals surface area contributed by atoms with Gasteiger partial charge in [-0.1, -0.05) is 16.8 Å². The summed E-state index contributed by atoms with van der Waals surface area (Å²) in [5.41, 5.74) is 3.38. The Morgan fingerprint density at radius 3 is 2.67 bits per heavy atom. The van der Waals surface area contributed by atoms with E-state index in [1.807, 2.05) is 0 Å². The number of halogens is 1. The highest BCUT2D eigenvalue weighted by molar-refractivity contribution is 8.20. The molecular weight excluding hydrogens is 716 g/mol. The molecular formula is C27H29ClN6O11S3. The van der Waals surface area contributed by atoms with Gasteiger partial charge in [-0.05, 0) is 26.0 Å². The number of rotatable bonds is 11. The number of fused-ring (bicyclic) bond motifs is 1. The van der Waals surface area contributed by atoms with Crippen LogP contribution < -0.4 is 11.1 Å². The van der Waals surface area contributed by atoms with E-state index in [0.717, 1.165) is 40.9 Å². The van der Waals surface area contributed by atoms with Gasteiger partial charge < -0.3 is 50.9 Å². The van der Waals surface area contributed by atoms with Crippen molar-refractivity contribution in [3.05, 3.63) is 33.8 Å². The number of thioether (sulfide) groups is 2. The number of nitrogen functional groups attached to an aromatic ring is 1. The standard InChI is InChI=1S/C27H29ClN6O11S3/c1-26(2,23(40)41)45-32-16(13-9-46-25(29)30-13)19(37)31-17-21(39)34-10-27(24(42)43,48-22(17)34)47-8-11-7-44-6-5-33(11)20(38)12-3-4-14(35)18(36)15(12)28/h3-4,9,11,17,22,35-36H,5-8,10H2,1-2H3,(H2,29,30)(H,31,37)(H,40,41)(H,42,43)/b32-16-/t11-,17-,22-,27-/m1/s1. The van der Waals surface area contributed by atoms with Gasteiger partial charge in [0.25, 0.3) is 11.8 Å². The molecule has 0 bridgehead atoms. The van der Waals surface area contributed by atoms with Crippen molar-refractivity contribution in [3.63, 3.8) is 0 Å². The van der Waals surface area contributed by atoms with Crippen LogP contribution in [0.15, 0.2) is 22.7 Å². The van der Waals surface area contributed by atoms with Gasteiger partial charge in [0.1, 0.15) is 17.1 Å². The number of thiazole rings is 1. The maximum absolute atomic E-state index is 13.4. The summed E-state index contributed by atoms with van der Waals surface area (Å²) >= 11 is 9.07. The van der Waals surface area contributed by atoms with Crippen LogP contribution in [0.3, 0.4) is 0 Å². The third-order valence-electron chi connectivity index (χ3n) is 7.63. The van der Waals surface area contributed by atoms with Crippen molar-refractivity contribution in [1.82, 2.24) is 20.1 Å². The number of β-lactam (4-membered cyclic amide) rings is 1. The monoisotopic (exact) mass is 744 g/mol. The third kappa shape index (κ3) is 6.66. The third-order valence-corrected chi connectivity index (χ3v) is 12.1. The molecule has 1 aromatic heterocycles. The molecule has 2 aromatic rings. The molecule has 21 heteroatoms. The molecule has 0 spiro atoms. The van der Waals surface area contributed by atoms with Gasteiger partial charge in [-0.2, -0.15) is 0 Å². The molecule has 0 saturated carbocycles. The lowest BCUT2D eigenvalue weighted by molar-refractivity contribution is -0.161. The van der Waals surface area contributed by atoms with Crippen LogP contribution in [0.25, 0.3) is 0 Å². The zero-order chi connectivity index (χ0) is 35.1. The van der Waals surface area contributed by atoms with E-state index >= 15 is 0 Å². The fraction of sp³-hybridized carbons (Fsp3) is 0.444. The molecule has 3 amide bonds. The molecule has 7 N–H and O–H groups in total. The van der Waals surface area contributed by atoms with Gasteiger partial charge in [-0.25, -0.2) is 14.6 Å². The first kappa shape index (κ1) is 35.3. The molecule has 0 unspecified atom stereocenters. The smallest absolute Gasteiger partial charge is 0.350 e. The van der Waals surface area contributed by atoms with E-state index in [4.69, 9.17) is 26.9 Å². The maximum atomic E-state index is 13.4. The molecule has 17 nitrogen and oxygen atoms in total. The average Bonchev–Trinajstić information content (AvgIpc) is 3.63. The Hall–Kier alpha value is -3.98. The van der Waals surface area contributed by atoms with Crippen molar-refractivity contribution in [2.24, 2.45) is 5.16 Å². The lowest BCUT2D eigenvalue weighted by Crippen LogP contribution is -2.68. The van der Waals surface area contributed by atoms with Crippen molar-refractivity contribution in [3.8, 4) is 11.5 Å². The summed E-state index contributed by atoms with van der Waals surface area (Å²) in [4.78, 5) is 75.9. The summed E-state index contributed by atoms with van der Waals surface area (Å²) in [5, 5.41) is 46.1. The minimum Gasteiger partial charge on any atom is -0.504 e. The maximum Gasteiger partial charge on any atom is 0.350 e. The Morgan fingerprint density at radius 2 is 2.02 bits per heavy atom. The number of ether oxygens (including phenoxy) is 1. The number of aliphatic carboxylic acids is 2. The van der Waals surface area contributed by atoms with Gasteiger partial charge in [-0.15, -0.1) is 34.9 Å². The minimum absolute atomic E-state index is 0.0214. The molecule has 5 rings (SSSR count). The van der Waals surface area contributed by atoms with Crippen molar-refractivity contribution in [1.29, 1.82) is 0 Å². The number of amides is 3. The van der Waals surface area contributed by atoms with Crippen molar-refractivity contribution >= 4 is 87.0 Å². The predicted molar refractivity (Wildman–Crippen MR) is 174 cm³/mol. The molecule has 48 heavy (non-hydrogen) atoms. The lowest BCUT2D eigenvalue weighted by Gasteiger charge is -2.41. The predicted octanol–water partition coefficient (Wildman–Crippen LogP) is 0.829. The Labute approximate surface area is 289 Å².